The molecule has 0 aromatic heterocycles. The Morgan fingerprint density at radius 3 is 2.65 bits per heavy atom. The Bertz CT molecular complexity index is 495. The highest BCUT2D eigenvalue weighted by molar-refractivity contribution is 6.35. The molecule has 1 aromatic carbocycles. The van der Waals surface area contributed by atoms with Crippen LogP contribution in [0.2, 0.25) is 10.0 Å². The molecular weight excluding hydrogens is 295 g/mol. The van der Waals surface area contributed by atoms with Gasteiger partial charge >= 0.3 is 0 Å². The van der Waals surface area contributed by atoms with Crippen molar-refractivity contribution in [2.75, 3.05) is 13.2 Å². The molecule has 0 radical (unpaired) electrons. The molecule has 0 aliphatic rings. The summed E-state index contributed by atoms with van der Waals surface area (Å²) in [5.74, 6) is 0.644. The number of rotatable bonds is 7. The van der Waals surface area contributed by atoms with Gasteiger partial charge in [0, 0.05) is 17.1 Å². The molecule has 0 saturated heterocycles. The standard InChI is InChI=1S/C15H20Cl2N2O/c1-4-19-9-11-7-12(16)8-13(17)14(11)20-6-5-15(2,3)10-18/h7-8,19H,4-6,9H2,1-3H3. The van der Waals surface area contributed by atoms with Crippen molar-refractivity contribution in [2.24, 2.45) is 5.41 Å². The van der Waals surface area contributed by atoms with Crippen LogP contribution in [0.4, 0.5) is 0 Å². The highest BCUT2D eigenvalue weighted by Gasteiger charge is 2.18. The van der Waals surface area contributed by atoms with Crippen molar-refractivity contribution in [3.63, 3.8) is 0 Å². The first-order valence-electron chi connectivity index (χ1n) is 6.62. The summed E-state index contributed by atoms with van der Waals surface area (Å²) in [6, 6.07) is 5.77. The quantitative estimate of drug-likeness (QED) is 0.810. The zero-order valence-corrected chi connectivity index (χ0v) is 13.6. The molecule has 3 nitrogen and oxygen atoms in total. The molecule has 0 aliphatic heterocycles. The van der Waals surface area contributed by atoms with E-state index in [1.807, 2.05) is 26.8 Å². The predicted molar refractivity (Wildman–Crippen MR) is 83.3 cm³/mol. The molecule has 0 bridgehead atoms. The van der Waals surface area contributed by atoms with E-state index in [2.05, 4.69) is 11.4 Å². The van der Waals surface area contributed by atoms with Gasteiger partial charge in [0.25, 0.3) is 0 Å². The first-order chi connectivity index (χ1) is 9.39. The van der Waals surface area contributed by atoms with Crippen LogP contribution in [0.25, 0.3) is 0 Å². The Balaban J connectivity index is 2.80. The molecular formula is C15H20Cl2N2O. The maximum Gasteiger partial charge on any atom is 0.142 e. The van der Waals surface area contributed by atoms with Gasteiger partial charge < -0.3 is 10.1 Å². The molecule has 110 valence electrons. The van der Waals surface area contributed by atoms with E-state index < -0.39 is 5.41 Å². The normalized spacial score (nSPS) is 11.2. The molecule has 5 heteroatoms. The minimum absolute atomic E-state index is 0.402. The minimum atomic E-state index is -0.402. The van der Waals surface area contributed by atoms with E-state index in [9.17, 15) is 0 Å². The van der Waals surface area contributed by atoms with Gasteiger partial charge in [0.05, 0.1) is 23.1 Å². The molecule has 0 amide bonds. The van der Waals surface area contributed by atoms with E-state index in [1.165, 1.54) is 0 Å². The van der Waals surface area contributed by atoms with E-state index in [1.54, 1.807) is 6.07 Å². The van der Waals surface area contributed by atoms with Gasteiger partial charge in [-0.1, -0.05) is 30.1 Å². The van der Waals surface area contributed by atoms with Gasteiger partial charge in [-0.05, 0) is 38.9 Å². The first kappa shape index (κ1) is 17.1. The minimum Gasteiger partial charge on any atom is -0.492 e. The van der Waals surface area contributed by atoms with Gasteiger partial charge in [0.15, 0.2) is 0 Å². The summed E-state index contributed by atoms with van der Waals surface area (Å²) in [5, 5.41) is 13.3. The van der Waals surface area contributed by atoms with E-state index in [4.69, 9.17) is 33.2 Å². The predicted octanol–water partition coefficient (Wildman–Crippen LogP) is 4.42. The third-order valence-corrected chi connectivity index (χ3v) is 3.43. The molecule has 0 unspecified atom stereocenters. The van der Waals surface area contributed by atoms with Crippen LogP contribution in [-0.4, -0.2) is 13.2 Å². The summed E-state index contributed by atoms with van der Waals surface area (Å²) in [7, 11) is 0. The van der Waals surface area contributed by atoms with Gasteiger partial charge in [-0.2, -0.15) is 5.26 Å². The van der Waals surface area contributed by atoms with Crippen molar-refractivity contribution in [3.8, 4) is 11.8 Å². The third-order valence-electron chi connectivity index (χ3n) is 2.93. The molecule has 0 atom stereocenters. The van der Waals surface area contributed by atoms with Crippen LogP contribution in [0.1, 0.15) is 32.8 Å². The van der Waals surface area contributed by atoms with E-state index in [0.29, 0.717) is 35.4 Å². The van der Waals surface area contributed by atoms with Crippen molar-refractivity contribution in [3.05, 3.63) is 27.7 Å². The molecule has 0 fully saturated rings. The maximum absolute atomic E-state index is 8.99. The first-order valence-corrected chi connectivity index (χ1v) is 7.38. The van der Waals surface area contributed by atoms with Crippen LogP contribution in [-0.2, 0) is 6.54 Å². The summed E-state index contributed by atoms with van der Waals surface area (Å²) in [6.45, 7) is 7.75. The fourth-order valence-electron chi connectivity index (χ4n) is 1.63. The lowest BCUT2D eigenvalue weighted by molar-refractivity contribution is 0.262. The second-order valence-electron chi connectivity index (χ2n) is 5.25. The molecule has 0 spiro atoms. The Labute approximate surface area is 130 Å². The van der Waals surface area contributed by atoms with E-state index in [-0.39, 0.29) is 0 Å². The van der Waals surface area contributed by atoms with Gasteiger partial charge in [-0.25, -0.2) is 0 Å². The van der Waals surface area contributed by atoms with E-state index >= 15 is 0 Å². The monoisotopic (exact) mass is 314 g/mol. The number of benzene rings is 1. The topological polar surface area (TPSA) is 45.0 Å². The fourth-order valence-corrected chi connectivity index (χ4v) is 2.22. The molecule has 20 heavy (non-hydrogen) atoms. The molecule has 1 N–H and O–H groups in total. The summed E-state index contributed by atoms with van der Waals surface area (Å²) in [4.78, 5) is 0. The molecule has 0 aliphatic carbocycles. The molecule has 0 saturated carbocycles. The lowest BCUT2D eigenvalue weighted by atomic mass is 9.92. The van der Waals surface area contributed by atoms with Crippen LogP contribution in [0.5, 0.6) is 5.75 Å². The smallest absolute Gasteiger partial charge is 0.142 e. The molecule has 1 rings (SSSR count). The lowest BCUT2D eigenvalue weighted by Gasteiger charge is -2.18. The van der Waals surface area contributed by atoms with Gasteiger partial charge in [-0.15, -0.1) is 0 Å². The largest absolute Gasteiger partial charge is 0.492 e. The Kier molecular flexibility index (Phi) is 6.61. The second-order valence-corrected chi connectivity index (χ2v) is 6.09. The molecule has 1 aromatic rings. The number of hydrogen-bond donors (Lipinski definition) is 1. The van der Waals surface area contributed by atoms with Crippen LogP contribution in [0.15, 0.2) is 12.1 Å². The highest BCUT2D eigenvalue weighted by atomic mass is 35.5. The van der Waals surface area contributed by atoms with Gasteiger partial charge in [-0.3, -0.25) is 0 Å². The Morgan fingerprint density at radius 1 is 1.35 bits per heavy atom. The van der Waals surface area contributed by atoms with Gasteiger partial charge in [0.1, 0.15) is 5.75 Å². The van der Waals surface area contributed by atoms with E-state index in [0.717, 1.165) is 12.1 Å². The van der Waals surface area contributed by atoms with Crippen molar-refractivity contribution < 1.29 is 4.74 Å². The fraction of sp³-hybridized carbons (Fsp3) is 0.533. The van der Waals surface area contributed by atoms with Crippen LogP contribution in [0.3, 0.4) is 0 Å². The third kappa shape index (κ3) is 5.20. The number of halogens is 2. The number of nitriles is 1. The highest BCUT2D eigenvalue weighted by Crippen LogP contribution is 2.33. The SMILES string of the molecule is CCNCc1cc(Cl)cc(Cl)c1OCCC(C)(C)C#N. The zero-order chi connectivity index (χ0) is 15.2. The Morgan fingerprint density at radius 2 is 2.05 bits per heavy atom. The average molecular weight is 315 g/mol. The average Bonchev–Trinajstić information content (AvgIpc) is 2.38. The van der Waals surface area contributed by atoms with Crippen molar-refractivity contribution in [1.82, 2.24) is 5.32 Å². The van der Waals surface area contributed by atoms with Crippen molar-refractivity contribution in [1.29, 1.82) is 5.26 Å². The van der Waals surface area contributed by atoms with Gasteiger partial charge in [0.2, 0.25) is 0 Å². The van der Waals surface area contributed by atoms with Crippen molar-refractivity contribution in [2.45, 2.75) is 33.7 Å². The number of ether oxygens (including phenoxy) is 1. The second kappa shape index (κ2) is 7.73. The number of hydrogen-bond acceptors (Lipinski definition) is 3. The summed E-state index contributed by atoms with van der Waals surface area (Å²) < 4.78 is 5.78. The van der Waals surface area contributed by atoms with Crippen molar-refractivity contribution >= 4 is 23.2 Å². The zero-order valence-electron chi connectivity index (χ0n) is 12.1. The lowest BCUT2D eigenvalue weighted by Crippen LogP contribution is -2.16. The number of nitrogens with one attached hydrogen (secondary N) is 1. The summed E-state index contributed by atoms with van der Waals surface area (Å²) >= 11 is 12.2. The summed E-state index contributed by atoms with van der Waals surface area (Å²) in [6.07, 6.45) is 0.642. The Hall–Kier alpha value is -0.950. The van der Waals surface area contributed by atoms with Crippen LogP contribution in [0, 0.1) is 16.7 Å². The number of nitrogens with zero attached hydrogens (tertiary/aromatic N) is 1. The van der Waals surface area contributed by atoms with Crippen LogP contribution < -0.4 is 10.1 Å². The van der Waals surface area contributed by atoms with Crippen LogP contribution >= 0.6 is 23.2 Å². The molecule has 0 heterocycles. The maximum atomic E-state index is 8.99. The summed E-state index contributed by atoms with van der Waals surface area (Å²) in [5.41, 5.74) is 0.528.